The van der Waals surface area contributed by atoms with Crippen molar-refractivity contribution in [3.05, 3.63) is 36.7 Å². The van der Waals surface area contributed by atoms with Gasteiger partial charge in [0.2, 0.25) is 0 Å². The van der Waals surface area contributed by atoms with Crippen molar-refractivity contribution in [1.82, 2.24) is 9.97 Å². The highest BCUT2D eigenvalue weighted by atomic mass is 16.5. The Kier molecular flexibility index (Phi) is 5.10. The number of amides is 2. The van der Waals surface area contributed by atoms with Crippen molar-refractivity contribution < 1.29 is 9.53 Å². The Morgan fingerprint density at radius 1 is 1.17 bits per heavy atom. The van der Waals surface area contributed by atoms with Gasteiger partial charge in [0.1, 0.15) is 23.7 Å². The first-order chi connectivity index (χ1) is 11.7. The molecule has 0 bridgehead atoms. The van der Waals surface area contributed by atoms with Gasteiger partial charge in [-0.05, 0) is 44.0 Å². The van der Waals surface area contributed by atoms with Crippen molar-refractivity contribution in [2.75, 3.05) is 35.2 Å². The molecule has 126 valence electrons. The topological polar surface area (TPSA) is 79.4 Å². The summed E-state index contributed by atoms with van der Waals surface area (Å²) >= 11 is 0. The van der Waals surface area contributed by atoms with Gasteiger partial charge in [-0.3, -0.25) is 5.32 Å². The molecule has 3 rings (SSSR count). The maximum atomic E-state index is 12.1. The van der Waals surface area contributed by atoms with Crippen LogP contribution in [0.15, 0.2) is 36.7 Å². The van der Waals surface area contributed by atoms with Crippen molar-refractivity contribution in [1.29, 1.82) is 0 Å². The lowest BCUT2D eigenvalue weighted by molar-refractivity contribution is 0.262. The van der Waals surface area contributed by atoms with Crippen LogP contribution in [0.1, 0.15) is 19.8 Å². The van der Waals surface area contributed by atoms with E-state index in [0.717, 1.165) is 24.7 Å². The minimum atomic E-state index is -0.342. The first-order valence-electron chi connectivity index (χ1n) is 8.12. The predicted molar refractivity (Wildman–Crippen MR) is 93.7 cm³/mol. The van der Waals surface area contributed by atoms with E-state index in [1.807, 2.05) is 19.1 Å². The zero-order valence-electron chi connectivity index (χ0n) is 13.7. The van der Waals surface area contributed by atoms with E-state index in [0.29, 0.717) is 18.1 Å². The Morgan fingerprint density at radius 3 is 2.62 bits per heavy atom. The number of rotatable bonds is 5. The van der Waals surface area contributed by atoms with Gasteiger partial charge in [0.25, 0.3) is 0 Å². The number of benzene rings is 1. The van der Waals surface area contributed by atoms with Crippen molar-refractivity contribution in [3.8, 4) is 5.75 Å². The molecule has 1 aliphatic heterocycles. The van der Waals surface area contributed by atoms with Crippen LogP contribution in [-0.4, -0.2) is 35.7 Å². The van der Waals surface area contributed by atoms with Crippen molar-refractivity contribution in [2.45, 2.75) is 19.8 Å². The minimum Gasteiger partial charge on any atom is -0.494 e. The second-order valence-electron chi connectivity index (χ2n) is 5.49. The Labute approximate surface area is 141 Å². The van der Waals surface area contributed by atoms with Crippen LogP contribution in [0.25, 0.3) is 0 Å². The second kappa shape index (κ2) is 7.63. The summed E-state index contributed by atoms with van der Waals surface area (Å²) in [4.78, 5) is 22.7. The van der Waals surface area contributed by atoms with E-state index in [-0.39, 0.29) is 6.03 Å². The average molecular weight is 327 g/mol. The molecule has 7 nitrogen and oxygen atoms in total. The van der Waals surface area contributed by atoms with Crippen LogP contribution in [0, 0.1) is 0 Å². The number of aromatic nitrogens is 2. The average Bonchev–Trinajstić information content (AvgIpc) is 3.12. The largest absolute Gasteiger partial charge is 0.494 e. The summed E-state index contributed by atoms with van der Waals surface area (Å²) < 4.78 is 5.37. The van der Waals surface area contributed by atoms with Gasteiger partial charge < -0.3 is 15.0 Å². The molecule has 1 saturated heterocycles. The van der Waals surface area contributed by atoms with Crippen LogP contribution in [-0.2, 0) is 0 Å². The van der Waals surface area contributed by atoms with E-state index in [1.165, 1.54) is 19.2 Å². The van der Waals surface area contributed by atoms with Crippen molar-refractivity contribution in [2.24, 2.45) is 0 Å². The fourth-order valence-electron chi connectivity index (χ4n) is 2.61. The van der Waals surface area contributed by atoms with Gasteiger partial charge in [-0.25, -0.2) is 14.8 Å². The number of nitrogens with zero attached hydrogens (tertiary/aromatic N) is 3. The van der Waals surface area contributed by atoms with Gasteiger partial charge >= 0.3 is 6.03 Å². The number of urea groups is 1. The Bertz CT molecular complexity index is 684. The van der Waals surface area contributed by atoms with Crippen molar-refractivity contribution in [3.63, 3.8) is 0 Å². The minimum absolute atomic E-state index is 0.342. The molecule has 2 heterocycles. The number of nitrogens with one attached hydrogen (secondary N) is 2. The Morgan fingerprint density at radius 2 is 1.92 bits per heavy atom. The molecule has 1 fully saturated rings. The van der Waals surface area contributed by atoms with Gasteiger partial charge in [-0.1, -0.05) is 0 Å². The first kappa shape index (κ1) is 16.0. The molecule has 0 radical (unpaired) electrons. The van der Waals surface area contributed by atoms with Gasteiger partial charge in [0.05, 0.1) is 6.61 Å². The van der Waals surface area contributed by atoms with Crippen molar-refractivity contribution >= 4 is 23.4 Å². The molecule has 0 saturated carbocycles. The third-order valence-corrected chi connectivity index (χ3v) is 3.75. The maximum Gasteiger partial charge on any atom is 0.324 e. The van der Waals surface area contributed by atoms with E-state index in [9.17, 15) is 4.79 Å². The summed E-state index contributed by atoms with van der Waals surface area (Å²) in [7, 11) is 0. The van der Waals surface area contributed by atoms with Gasteiger partial charge in [0, 0.05) is 24.8 Å². The molecule has 0 aliphatic carbocycles. The molecule has 0 atom stereocenters. The van der Waals surface area contributed by atoms with E-state index in [4.69, 9.17) is 4.74 Å². The standard InChI is InChI=1S/C17H21N5O2/c1-2-24-14-7-5-13(6-8-14)20-17(23)21-15-11-16(19-12-18-15)22-9-3-4-10-22/h5-8,11-12H,2-4,9-10H2,1H3,(H2,18,19,20,21,23). The summed E-state index contributed by atoms with van der Waals surface area (Å²) in [6.45, 7) is 4.53. The molecule has 2 amide bonds. The molecular weight excluding hydrogens is 306 g/mol. The van der Waals surface area contributed by atoms with Crippen LogP contribution in [0.5, 0.6) is 5.75 Å². The smallest absolute Gasteiger partial charge is 0.324 e. The fraction of sp³-hybridized carbons (Fsp3) is 0.353. The number of hydrogen-bond donors (Lipinski definition) is 2. The fourth-order valence-corrected chi connectivity index (χ4v) is 2.61. The molecule has 1 aromatic carbocycles. The predicted octanol–water partition coefficient (Wildman–Crippen LogP) is 3.12. The Balaban J connectivity index is 1.59. The molecule has 0 spiro atoms. The SMILES string of the molecule is CCOc1ccc(NC(=O)Nc2cc(N3CCCC3)ncn2)cc1. The molecule has 2 N–H and O–H groups in total. The van der Waals surface area contributed by atoms with E-state index in [1.54, 1.807) is 18.2 Å². The molecule has 2 aromatic rings. The number of hydrogen-bond acceptors (Lipinski definition) is 5. The number of anilines is 3. The van der Waals surface area contributed by atoms with Crippen LogP contribution in [0.4, 0.5) is 22.1 Å². The first-order valence-corrected chi connectivity index (χ1v) is 8.12. The number of carbonyl (C=O) groups excluding carboxylic acids is 1. The summed E-state index contributed by atoms with van der Waals surface area (Å²) in [6.07, 6.45) is 3.82. The van der Waals surface area contributed by atoms with Crippen LogP contribution >= 0.6 is 0 Å². The molecule has 7 heteroatoms. The summed E-state index contributed by atoms with van der Waals surface area (Å²) in [5.74, 6) is 2.10. The van der Waals surface area contributed by atoms with Crippen LogP contribution in [0.3, 0.4) is 0 Å². The van der Waals surface area contributed by atoms with E-state index in [2.05, 4.69) is 25.5 Å². The Hall–Kier alpha value is -2.83. The highest BCUT2D eigenvalue weighted by Gasteiger charge is 2.14. The third-order valence-electron chi connectivity index (χ3n) is 3.75. The van der Waals surface area contributed by atoms with Gasteiger partial charge in [-0.2, -0.15) is 0 Å². The number of ether oxygens (including phenoxy) is 1. The normalized spacial score (nSPS) is 13.6. The molecule has 24 heavy (non-hydrogen) atoms. The lowest BCUT2D eigenvalue weighted by Crippen LogP contribution is -2.22. The molecule has 1 aromatic heterocycles. The van der Waals surface area contributed by atoms with E-state index >= 15 is 0 Å². The second-order valence-corrected chi connectivity index (χ2v) is 5.49. The lowest BCUT2D eigenvalue weighted by atomic mass is 10.3. The molecule has 1 aliphatic rings. The molecular formula is C17H21N5O2. The maximum absolute atomic E-state index is 12.1. The van der Waals surface area contributed by atoms with Gasteiger partial charge in [0.15, 0.2) is 0 Å². The summed E-state index contributed by atoms with van der Waals surface area (Å²) in [5, 5.41) is 5.50. The third kappa shape index (κ3) is 4.13. The highest BCUT2D eigenvalue weighted by molar-refractivity contribution is 5.99. The summed E-state index contributed by atoms with van der Waals surface area (Å²) in [6, 6.07) is 8.67. The zero-order valence-corrected chi connectivity index (χ0v) is 13.7. The molecule has 0 unspecified atom stereocenters. The lowest BCUT2D eigenvalue weighted by Gasteiger charge is -2.16. The number of carbonyl (C=O) groups is 1. The van der Waals surface area contributed by atoms with Crippen LogP contribution < -0.4 is 20.3 Å². The highest BCUT2D eigenvalue weighted by Crippen LogP contribution is 2.20. The monoisotopic (exact) mass is 327 g/mol. The quantitative estimate of drug-likeness (QED) is 0.882. The van der Waals surface area contributed by atoms with Gasteiger partial charge in [-0.15, -0.1) is 0 Å². The van der Waals surface area contributed by atoms with E-state index < -0.39 is 0 Å². The summed E-state index contributed by atoms with van der Waals surface area (Å²) in [5.41, 5.74) is 0.685. The zero-order chi connectivity index (χ0) is 16.8. The van der Waals surface area contributed by atoms with Crippen LogP contribution in [0.2, 0.25) is 0 Å².